The third-order valence-corrected chi connectivity index (χ3v) is 7.21. The molecule has 2 aromatic carbocycles. The van der Waals surface area contributed by atoms with Crippen LogP contribution >= 0.6 is 0 Å². The fourth-order valence-electron chi connectivity index (χ4n) is 5.47. The van der Waals surface area contributed by atoms with Gasteiger partial charge in [-0.15, -0.1) is 0 Å². The summed E-state index contributed by atoms with van der Waals surface area (Å²) in [6.45, 7) is 2.13. The minimum Gasteiger partial charge on any atom is -0.480 e. The van der Waals surface area contributed by atoms with Crippen LogP contribution in [0.15, 0.2) is 48.5 Å². The van der Waals surface area contributed by atoms with Gasteiger partial charge in [-0.05, 0) is 47.4 Å². The van der Waals surface area contributed by atoms with Crippen LogP contribution in [0.25, 0.3) is 11.1 Å². The average Bonchev–Trinajstić information content (AvgIpc) is 3.17. The molecule has 4 rings (SSSR count). The van der Waals surface area contributed by atoms with Crippen molar-refractivity contribution in [3.8, 4) is 11.1 Å². The number of hydrogen-bond donors (Lipinski definition) is 3. The van der Waals surface area contributed by atoms with E-state index >= 15 is 0 Å². The number of benzene rings is 2. The summed E-state index contributed by atoms with van der Waals surface area (Å²) in [7, 11) is 0. The van der Waals surface area contributed by atoms with Crippen molar-refractivity contribution in [2.75, 3.05) is 6.61 Å². The minimum atomic E-state index is -1.02. The van der Waals surface area contributed by atoms with Crippen molar-refractivity contribution in [2.24, 2.45) is 5.92 Å². The number of nitrogens with one attached hydrogen (secondary N) is 2. The standard InChI is InChI=1S/C28H34N2O5/c1-2-9-25(27(32)33)29-26(31)16-18-10-3-8-15-24(18)30-28(34)35-17-23-21-13-6-4-11-19(21)20-12-5-7-14-22(20)23/h4-7,11-14,18,23-25H,2-3,8-10,15-17H2,1H3,(H,29,31)(H,30,34)(H,32,33)/t18-,24-,25-/m1/s1. The number of carbonyl (C=O) groups is 3. The number of ether oxygens (including phenoxy) is 1. The van der Waals surface area contributed by atoms with Gasteiger partial charge in [-0.25, -0.2) is 9.59 Å². The number of hydrogen-bond acceptors (Lipinski definition) is 4. The summed E-state index contributed by atoms with van der Waals surface area (Å²) < 4.78 is 5.70. The predicted molar refractivity (Wildman–Crippen MR) is 133 cm³/mol. The number of alkyl carbamates (subject to hydrolysis) is 1. The summed E-state index contributed by atoms with van der Waals surface area (Å²) in [4.78, 5) is 36.7. The average molecular weight is 479 g/mol. The van der Waals surface area contributed by atoms with Gasteiger partial charge in [0.15, 0.2) is 0 Å². The third-order valence-electron chi connectivity index (χ3n) is 7.21. The molecule has 0 unspecified atom stereocenters. The summed E-state index contributed by atoms with van der Waals surface area (Å²) in [6.07, 6.45) is 4.34. The SMILES string of the molecule is CCC[C@@H](NC(=O)C[C@H]1CCCC[C@H]1NC(=O)OCC1c2ccccc2-c2ccccc21)C(=O)O. The Morgan fingerprint density at radius 1 is 1.00 bits per heavy atom. The second kappa shape index (κ2) is 11.4. The molecule has 1 fully saturated rings. The predicted octanol–water partition coefficient (Wildman–Crippen LogP) is 4.84. The minimum absolute atomic E-state index is 0.00685. The Kier molecular flexibility index (Phi) is 8.06. The van der Waals surface area contributed by atoms with E-state index in [1.54, 1.807) is 0 Å². The van der Waals surface area contributed by atoms with Crippen LogP contribution in [0.3, 0.4) is 0 Å². The highest BCUT2D eigenvalue weighted by atomic mass is 16.5. The first-order chi connectivity index (χ1) is 17.0. The van der Waals surface area contributed by atoms with E-state index in [2.05, 4.69) is 34.9 Å². The lowest BCUT2D eigenvalue weighted by atomic mass is 9.82. The molecule has 0 aliphatic heterocycles. The Bertz CT molecular complexity index is 1020. The Morgan fingerprint density at radius 3 is 2.26 bits per heavy atom. The molecule has 35 heavy (non-hydrogen) atoms. The van der Waals surface area contributed by atoms with Crippen molar-refractivity contribution in [3.05, 3.63) is 59.7 Å². The molecular weight excluding hydrogens is 444 g/mol. The van der Waals surface area contributed by atoms with Crippen molar-refractivity contribution in [3.63, 3.8) is 0 Å². The molecule has 2 aromatic rings. The van der Waals surface area contributed by atoms with E-state index in [9.17, 15) is 19.5 Å². The Morgan fingerprint density at radius 2 is 1.63 bits per heavy atom. The van der Waals surface area contributed by atoms with Crippen molar-refractivity contribution >= 4 is 18.0 Å². The maximum Gasteiger partial charge on any atom is 0.407 e. The van der Waals surface area contributed by atoms with Gasteiger partial charge in [0.2, 0.25) is 5.91 Å². The van der Waals surface area contributed by atoms with Gasteiger partial charge in [0.25, 0.3) is 0 Å². The lowest BCUT2D eigenvalue weighted by Gasteiger charge is -2.32. The van der Waals surface area contributed by atoms with Crippen molar-refractivity contribution in [2.45, 2.75) is 69.9 Å². The molecule has 0 radical (unpaired) electrons. The molecule has 3 N–H and O–H groups in total. The van der Waals surface area contributed by atoms with Gasteiger partial charge >= 0.3 is 12.1 Å². The van der Waals surface area contributed by atoms with Gasteiger partial charge in [0.1, 0.15) is 12.6 Å². The maximum atomic E-state index is 12.8. The van der Waals surface area contributed by atoms with Crippen molar-refractivity contribution in [1.82, 2.24) is 10.6 Å². The number of aliphatic carboxylic acids is 1. The van der Waals surface area contributed by atoms with Crippen LogP contribution in [0.4, 0.5) is 4.79 Å². The van der Waals surface area contributed by atoms with Gasteiger partial charge in [-0.2, -0.15) is 0 Å². The first-order valence-corrected chi connectivity index (χ1v) is 12.6. The maximum absolute atomic E-state index is 12.8. The van der Waals surface area contributed by atoms with Crippen molar-refractivity contribution in [1.29, 1.82) is 0 Å². The second-order valence-electron chi connectivity index (χ2n) is 9.57. The molecule has 2 aliphatic rings. The Hall–Kier alpha value is -3.35. The van der Waals surface area contributed by atoms with Crippen LogP contribution in [-0.2, 0) is 14.3 Å². The normalized spacial score (nSPS) is 19.8. The molecule has 186 valence electrons. The molecule has 1 saturated carbocycles. The topological polar surface area (TPSA) is 105 Å². The van der Waals surface area contributed by atoms with E-state index in [1.165, 1.54) is 11.1 Å². The number of carbonyl (C=O) groups excluding carboxylic acids is 2. The molecule has 0 bridgehead atoms. The van der Waals surface area contributed by atoms with Gasteiger partial charge in [0.05, 0.1) is 0 Å². The zero-order valence-corrected chi connectivity index (χ0v) is 20.2. The highest BCUT2D eigenvalue weighted by molar-refractivity contribution is 5.83. The van der Waals surface area contributed by atoms with E-state index in [0.717, 1.165) is 36.8 Å². The smallest absolute Gasteiger partial charge is 0.407 e. The summed E-state index contributed by atoms with van der Waals surface area (Å²) in [5.74, 6) is -1.35. The molecule has 0 spiro atoms. The summed E-state index contributed by atoms with van der Waals surface area (Å²) in [5, 5.41) is 14.9. The molecule has 2 aliphatic carbocycles. The molecule has 2 amide bonds. The number of fused-ring (bicyclic) bond motifs is 3. The summed E-state index contributed by atoms with van der Waals surface area (Å²) in [6, 6.07) is 15.4. The fraction of sp³-hybridized carbons (Fsp3) is 0.464. The van der Waals surface area contributed by atoms with Crippen LogP contribution in [-0.4, -0.2) is 41.8 Å². The molecule has 0 aromatic heterocycles. The number of carboxylic acid groups (broad SMARTS) is 1. The van der Waals surface area contributed by atoms with Gasteiger partial charge < -0.3 is 20.5 Å². The first kappa shape index (κ1) is 24.8. The molecule has 7 nitrogen and oxygen atoms in total. The van der Waals surface area contributed by atoms with E-state index in [-0.39, 0.29) is 36.8 Å². The van der Waals surface area contributed by atoms with Gasteiger partial charge in [0, 0.05) is 18.4 Å². The van der Waals surface area contributed by atoms with Crippen LogP contribution in [0.1, 0.15) is 68.9 Å². The second-order valence-corrected chi connectivity index (χ2v) is 9.57. The quantitative estimate of drug-likeness (QED) is 0.478. The van der Waals surface area contributed by atoms with Crippen LogP contribution in [0.2, 0.25) is 0 Å². The summed E-state index contributed by atoms with van der Waals surface area (Å²) in [5.41, 5.74) is 4.68. The third kappa shape index (κ3) is 5.84. The van der Waals surface area contributed by atoms with E-state index in [1.807, 2.05) is 31.2 Å². The Labute approximate surface area is 206 Å². The van der Waals surface area contributed by atoms with E-state index in [4.69, 9.17) is 4.74 Å². The fourth-order valence-corrected chi connectivity index (χ4v) is 5.47. The van der Waals surface area contributed by atoms with E-state index < -0.39 is 18.1 Å². The highest BCUT2D eigenvalue weighted by Gasteiger charge is 2.32. The molecular formula is C28H34N2O5. The lowest BCUT2D eigenvalue weighted by Crippen LogP contribution is -2.46. The number of amides is 2. The molecule has 0 heterocycles. The monoisotopic (exact) mass is 478 g/mol. The zero-order valence-electron chi connectivity index (χ0n) is 20.2. The van der Waals surface area contributed by atoms with Gasteiger partial charge in [-0.3, -0.25) is 4.79 Å². The number of rotatable bonds is 9. The van der Waals surface area contributed by atoms with Crippen LogP contribution in [0, 0.1) is 5.92 Å². The lowest BCUT2D eigenvalue weighted by molar-refractivity contribution is -0.142. The number of carboxylic acids is 1. The molecule has 0 saturated heterocycles. The Balaban J connectivity index is 1.34. The highest BCUT2D eigenvalue weighted by Crippen LogP contribution is 2.44. The zero-order chi connectivity index (χ0) is 24.8. The molecule has 3 atom stereocenters. The summed E-state index contributed by atoms with van der Waals surface area (Å²) >= 11 is 0. The largest absolute Gasteiger partial charge is 0.480 e. The first-order valence-electron chi connectivity index (χ1n) is 12.6. The molecule has 7 heteroatoms. The van der Waals surface area contributed by atoms with Crippen molar-refractivity contribution < 1.29 is 24.2 Å². The van der Waals surface area contributed by atoms with Crippen LogP contribution < -0.4 is 10.6 Å². The van der Waals surface area contributed by atoms with Gasteiger partial charge in [-0.1, -0.05) is 74.7 Å². The van der Waals surface area contributed by atoms with E-state index in [0.29, 0.717) is 12.8 Å². The van der Waals surface area contributed by atoms with Crippen LogP contribution in [0.5, 0.6) is 0 Å².